The van der Waals surface area contributed by atoms with Gasteiger partial charge in [0, 0.05) is 28.5 Å². The molecule has 0 spiro atoms. The molecule has 1 fully saturated rings. The van der Waals surface area contributed by atoms with Crippen molar-refractivity contribution in [2.45, 2.75) is 50.9 Å². The van der Waals surface area contributed by atoms with E-state index >= 15 is 0 Å². The van der Waals surface area contributed by atoms with Crippen molar-refractivity contribution in [2.24, 2.45) is 7.05 Å². The monoisotopic (exact) mass is 444 g/mol. The minimum Gasteiger partial charge on any atom is -0.454 e. The van der Waals surface area contributed by atoms with E-state index in [1.165, 1.54) is 70.8 Å². The molecule has 2 heteroatoms. The fourth-order valence-corrected chi connectivity index (χ4v) is 6.68. The van der Waals surface area contributed by atoms with E-state index in [0.29, 0.717) is 0 Å². The van der Waals surface area contributed by atoms with Gasteiger partial charge < -0.3 is 4.42 Å². The lowest BCUT2D eigenvalue weighted by Crippen LogP contribution is -2.30. The first-order valence-corrected chi connectivity index (χ1v) is 12.7. The normalized spacial score (nSPS) is 19.5. The first-order valence-electron chi connectivity index (χ1n) is 12.7. The van der Waals surface area contributed by atoms with Crippen LogP contribution in [0.2, 0.25) is 0 Å². The third-order valence-corrected chi connectivity index (χ3v) is 8.43. The summed E-state index contributed by atoms with van der Waals surface area (Å²) in [4.78, 5) is 0. The zero-order valence-corrected chi connectivity index (χ0v) is 20.0. The van der Waals surface area contributed by atoms with E-state index in [0.717, 1.165) is 23.0 Å². The first-order chi connectivity index (χ1) is 16.7. The number of aryl methyl sites for hydroxylation is 2. The molecule has 8 rings (SSSR count). The van der Waals surface area contributed by atoms with E-state index in [9.17, 15) is 0 Å². The molecule has 2 atom stereocenters. The Morgan fingerprint density at radius 1 is 0.765 bits per heavy atom. The average molecular weight is 445 g/mol. The van der Waals surface area contributed by atoms with Gasteiger partial charge in [-0.3, -0.25) is 0 Å². The van der Waals surface area contributed by atoms with Crippen molar-refractivity contribution in [2.75, 3.05) is 0 Å². The van der Waals surface area contributed by atoms with Crippen LogP contribution in [0, 0.1) is 6.92 Å². The van der Waals surface area contributed by atoms with Crippen LogP contribution in [0.3, 0.4) is 0 Å². The summed E-state index contributed by atoms with van der Waals surface area (Å²) in [7, 11) is 2.10. The summed E-state index contributed by atoms with van der Waals surface area (Å²) in [6.07, 6.45) is 8.91. The Bertz CT molecular complexity index is 1570. The third-order valence-electron chi connectivity index (χ3n) is 8.43. The maximum absolute atomic E-state index is 6.78. The quantitative estimate of drug-likeness (QED) is 0.251. The number of pyridine rings is 1. The minimum absolute atomic E-state index is 0.732. The smallest absolute Gasteiger partial charge is 0.216 e. The fraction of sp³-hybridized carbons (Fsp3) is 0.281. The lowest BCUT2D eigenvalue weighted by Gasteiger charge is -2.28. The van der Waals surface area contributed by atoms with Crippen molar-refractivity contribution in [3.05, 3.63) is 89.6 Å². The van der Waals surface area contributed by atoms with Crippen LogP contribution in [0.15, 0.2) is 77.3 Å². The predicted octanol–water partition coefficient (Wildman–Crippen LogP) is 8.20. The molecule has 2 unspecified atom stereocenters. The van der Waals surface area contributed by atoms with Crippen molar-refractivity contribution in [1.29, 1.82) is 0 Å². The molecule has 0 saturated heterocycles. The number of hydrogen-bond acceptors (Lipinski definition) is 1. The summed E-state index contributed by atoms with van der Waals surface area (Å²) in [5.74, 6) is 1.50. The zero-order chi connectivity index (χ0) is 22.8. The van der Waals surface area contributed by atoms with Crippen LogP contribution in [0.1, 0.15) is 60.6 Å². The highest BCUT2D eigenvalue weighted by Crippen LogP contribution is 2.48. The molecule has 34 heavy (non-hydrogen) atoms. The molecule has 1 saturated carbocycles. The van der Waals surface area contributed by atoms with Crippen LogP contribution in [0.5, 0.6) is 0 Å². The van der Waals surface area contributed by atoms with Gasteiger partial charge in [0.1, 0.15) is 18.2 Å². The topological polar surface area (TPSA) is 17.0 Å². The highest BCUT2D eigenvalue weighted by Gasteiger charge is 2.31. The largest absolute Gasteiger partial charge is 0.454 e. The Hall–Kier alpha value is -3.39. The molecule has 2 heterocycles. The van der Waals surface area contributed by atoms with Gasteiger partial charge >= 0.3 is 0 Å². The number of rotatable bonds is 2. The SMILES string of the molecule is Cc1ccc2c(oc3c(-c4ccc5c(c4)C4CCCC5CC4)cccc32)c1-c1cccc[n+]1C. The summed E-state index contributed by atoms with van der Waals surface area (Å²) in [6, 6.07) is 24.7. The van der Waals surface area contributed by atoms with Gasteiger partial charge in [0.15, 0.2) is 6.20 Å². The molecule has 5 aromatic rings. The van der Waals surface area contributed by atoms with Crippen LogP contribution in [0.4, 0.5) is 0 Å². The number of aromatic nitrogens is 1. The van der Waals surface area contributed by atoms with E-state index in [4.69, 9.17) is 4.42 Å². The van der Waals surface area contributed by atoms with E-state index in [2.05, 4.69) is 91.5 Å². The first kappa shape index (κ1) is 20.0. The number of furan rings is 1. The van der Waals surface area contributed by atoms with Gasteiger partial charge in [-0.1, -0.05) is 55.0 Å². The molecule has 2 bridgehead atoms. The number of fused-ring (bicyclic) bond motifs is 6. The second kappa shape index (κ2) is 7.56. The number of hydrogen-bond donors (Lipinski definition) is 0. The van der Waals surface area contributed by atoms with Crippen molar-refractivity contribution in [3.8, 4) is 22.4 Å². The van der Waals surface area contributed by atoms with Crippen molar-refractivity contribution >= 4 is 21.9 Å². The lowest BCUT2D eigenvalue weighted by atomic mass is 9.77. The maximum Gasteiger partial charge on any atom is 0.216 e. The molecule has 0 amide bonds. The van der Waals surface area contributed by atoms with Gasteiger partial charge in [0.2, 0.25) is 5.69 Å². The summed E-state index contributed by atoms with van der Waals surface area (Å²) in [5.41, 5.74) is 11.3. The van der Waals surface area contributed by atoms with Gasteiger partial charge in [-0.25, -0.2) is 4.57 Å². The number of benzene rings is 3. The number of para-hydroxylation sites is 1. The van der Waals surface area contributed by atoms with Crippen LogP contribution < -0.4 is 4.57 Å². The van der Waals surface area contributed by atoms with Crippen molar-refractivity contribution in [1.82, 2.24) is 0 Å². The summed E-state index contributed by atoms with van der Waals surface area (Å²) in [5, 5.41) is 2.39. The second-order valence-corrected chi connectivity index (χ2v) is 10.4. The Morgan fingerprint density at radius 2 is 1.59 bits per heavy atom. The molecule has 2 nitrogen and oxygen atoms in total. The highest BCUT2D eigenvalue weighted by atomic mass is 16.3. The number of nitrogens with zero attached hydrogens (tertiary/aromatic N) is 1. The van der Waals surface area contributed by atoms with E-state index in [-0.39, 0.29) is 0 Å². The van der Waals surface area contributed by atoms with Gasteiger partial charge in [0.05, 0.1) is 5.56 Å². The molecule has 0 N–H and O–H groups in total. The van der Waals surface area contributed by atoms with Crippen molar-refractivity contribution < 1.29 is 8.98 Å². The lowest BCUT2D eigenvalue weighted by molar-refractivity contribution is -0.660. The van der Waals surface area contributed by atoms with E-state index < -0.39 is 0 Å². The van der Waals surface area contributed by atoms with Crippen LogP contribution >= 0.6 is 0 Å². The Kier molecular flexibility index (Phi) is 4.45. The predicted molar refractivity (Wildman–Crippen MR) is 139 cm³/mol. The highest BCUT2D eigenvalue weighted by molar-refractivity contribution is 6.13. The molecule has 3 aliphatic rings. The Balaban J connectivity index is 1.47. The Morgan fingerprint density at radius 3 is 2.44 bits per heavy atom. The molecule has 2 aromatic heterocycles. The Labute approximate surface area is 200 Å². The summed E-state index contributed by atoms with van der Waals surface area (Å²) >= 11 is 0. The van der Waals surface area contributed by atoms with Gasteiger partial charge in [-0.05, 0) is 72.8 Å². The molecule has 0 radical (unpaired) electrons. The van der Waals surface area contributed by atoms with Gasteiger partial charge in [0.25, 0.3) is 0 Å². The minimum atomic E-state index is 0.732. The van der Waals surface area contributed by atoms with Crippen LogP contribution in [-0.2, 0) is 7.05 Å². The molecule has 0 aliphatic heterocycles. The maximum atomic E-state index is 6.78. The fourth-order valence-electron chi connectivity index (χ4n) is 6.68. The van der Waals surface area contributed by atoms with Crippen LogP contribution in [-0.4, -0.2) is 0 Å². The standard InChI is InChI=1S/C32H30NO/c1-20-12-16-27-26-10-6-9-25(31(26)34-32(27)30(20)29-11-3-4-18-33(29)2)23-15-17-24-21-7-5-8-22(14-13-21)28(24)19-23/h3-4,6,9-12,15-19,21-22H,5,7-8,13-14H2,1-2H3/q+1. The zero-order valence-electron chi connectivity index (χ0n) is 20.0. The average Bonchev–Trinajstić information content (AvgIpc) is 2.99. The van der Waals surface area contributed by atoms with E-state index in [1.807, 2.05) is 0 Å². The molecular weight excluding hydrogens is 414 g/mol. The summed E-state index contributed by atoms with van der Waals surface area (Å²) in [6.45, 7) is 2.18. The molecule has 3 aromatic carbocycles. The van der Waals surface area contributed by atoms with Gasteiger partial charge in [-0.2, -0.15) is 0 Å². The third kappa shape index (κ3) is 2.91. The molecule has 3 aliphatic carbocycles. The van der Waals surface area contributed by atoms with E-state index in [1.54, 1.807) is 11.1 Å². The summed E-state index contributed by atoms with van der Waals surface area (Å²) < 4.78 is 8.95. The van der Waals surface area contributed by atoms with Crippen molar-refractivity contribution in [3.63, 3.8) is 0 Å². The van der Waals surface area contributed by atoms with Gasteiger partial charge in [-0.15, -0.1) is 0 Å². The molecular formula is C32H30NO+. The second-order valence-electron chi connectivity index (χ2n) is 10.4. The van der Waals surface area contributed by atoms with Crippen LogP contribution in [0.25, 0.3) is 44.3 Å². The molecule has 168 valence electrons.